The van der Waals surface area contributed by atoms with E-state index < -0.39 is 0 Å². The van der Waals surface area contributed by atoms with Crippen molar-refractivity contribution < 1.29 is 5.11 Å². The van der Waals surface area contributed by atoms with E-state index in [1.54, 1.807) is 4.57 Å². The predicted molar refractivity (Wildman–Crippen MR) is 116 cm³/mol. The van der Waals surface area contributed by atoms with Gasteiger partial charge in [0.15, 0.2) is 5.69 Å². The van der Waals surface area contributed by atoms with Crippen LogP contribution < -0.4 is 0 Å². The summed E-state index contributed by atoms with van der Waals surface area (Å²) in [7, 11) is 1.81. The van der Waals surface area contributed by atoms with E-state index >= 15 is 0 Å². The molecule has 5 nitrogen and oxygen atoms in total. The molecule has 3 aromatic carbocycles. The molecule has 6 heteroatoms. The van der Waals surface area contributed by atoms with Gasteiger partial charge in [0.05, 0.1) is 16.6 Å². The van der Waals surface area contributed by atoms with Crippen LogP contribution in [0.25, 0.3) is 32.7 Å². The third-order valence-electron chi connectivity index (χ3n) is 4.91. The van der Waals surface area contributed by atoms with Gasteiger partial charge in [-0.3, -0.25) is 0 Å². The van der Waals surface area contributed by atoms with Gasteiger partial charge in [0.25, 0.3) is 0 Å². The molecule has 5 aromatic rings. The van der Waals surface area contributed by atoms with Gasteiger partial charge in [0.1, 0.15) is 5.69 Å². The first-order chi connectivity index (χ1) is 13.6. The minimum Gasteiger partial charge on any atom is -0.493 e. The minimum atomic E-state index is 0.0829. The molecule has 0 aliphatic heterocycles. The molecule has 2 aromatic heterocycles. The van der Waals surface area contributed by atoms with Gasteiger partial charge < -0.3 is 9.67 Å². The molecule has 0 unspecified atom stereocenters. The van der Waals surface area contributed by atoms with E-state index in [2.05, 4.69) is 26.2 Å². The van der Waals surface area contributed by atoms with E-state index in [1.165, 1.54) is 0 Å². The molecule has 0 radical (unpaired) electrons. The number of aryl methyl sites for hydroxylation is 1. The van der Waals surface area contributed by atoms with Crippen LogP contribution in [0.5, 0.6) is 5.88 Å². The molecule has 0 fully saturated rings. The van der Waals surface area contributed by atoms with Crippen molar-refractivity contribution in [1.29, 1.82) is 0 Å². The maximum atomic E-state index is 10.6. The molecular formula is C22H15BrN4O. The van der Waals surface area contributed by atoms with Gasteiger partial charge in [0.2, 0.25) is 5.88 Å². The Morgan fingerprint density at radius 1 is 0.821 bits per heavy atom. The molecule has 0 saturated heterocycles. The average Bonchev–Trinajstić information content (AvgIpc) is 2.95. The van der Waals surface area contributed by atoms with E-state index in [0.717, 1.165) is 42.9 Å². The summed E-state index contributed by atoms with van der Waals surface area (Å²) in [4.78, 5) is 4.72. The van der Waals surface area contributed by atoms with E-state index in [1.807, 2.05) is 73.8 Å². The van der Waals surface area contributed by atoms with Gasteiger partial charge in [-0.25, -0.2) is 4.98 Å². The number of benzene rings is 3. The summed E-state index contributed by atoms with van der Waals surface area (Å²) in [6, 6.07) is 21.6. The van der Waals surface area contributed by atoms with Crippen molar-refractivity contribution in [2.75, 3.05) is 0 Å². The summed E-state index contributed by atoms with van der Waals surface area (Å²) >= 11 is 3.49. The lowest BCUT2D eigenvalue weighted by atomic mass is 10.1. The van der Waals surface area contributed by atoms with Crippen LogP contribution in [-0.2, 0) is 7.05 Å². The Kier molecular flexibility index (Phi) is 3.87. The van der Waals surface area contributed by atoms with E-state index in [-0.39, 0.29) is 5.88 Å². The topological polar surface area (TPSA) is 62.8 Å². The largest absolute Gasteiger partial charge is 0.493 e. The third kappa shape index (κ3) is 2.57. The number of rotatable bonds is 2. The Balaban J connectivity index is 1.79. The Labute approximate surface area is 169 Å². The molecule has 0 amide bonds. The summed E-state index contributed by atoms with van der Waals surface area (Å²) in [5.74, 6) is 0.0829. The van der Waals surface area contributed by atoms with Crippen LogP contribution in [-0.4, -0.2) is 14.7 Å². The van der Waals surface area contributed by atoms with E-state index in [4.69, 9.17) is 4.98 Å². The second-order valence-corrected chi connectivity index (χ2v) is 7.50. The van der Waals surface area contributed by atoms with Crippen molar-refractivity contribution in [2.45, 2.75) is 0 Å². The first kappa shape index (κ1) is 16.9. The standard InChI is InChI=1S/C22H15BrN4O/c1-27-19-11-10-13(23)12-16(19)21(22(27)28)26-25-20-14-6-2-4-8-17(14)24-18-9-5-3-7-15(18)20/h2-12,28H,1H3. The van der Waals surface area contributed by atoms with Crippen LogP contribution in [0.1, 0.15) is 0 Å². The molecule has 28 heavy (non-hydrogen) atoms. The summed E-state index contributed by atoms with van der Waals surface area (Å²) in [6.07, 6.45) is 0. The molecule has 0 atom stereocenters. The molecule has 0 saturated carbocycles. The van der Waals surface area contributed by atoms with Gasteiger partial charge in [0, 0.05) is 27.7 Å². The fraction of sp³-hybridized carbons (Fsp3) is 0.0455. The number of fused-ring (bicyclic) bond motifs is 3. The van der Waals surface area contributed by atoms with Crippen molar-refractivity contribution in [3.8, 4) is 5.88 Å². The van der Waals surface area contributed by atoms with Crippen molar-refractivity contribution in [3.63, 3.8) is 0 Å². The number of hydrogen-bond acceptors (Lipinski definition) is 4. The van der Waals surface area contributed by atoms with Gasteiger partial charge in [-0.15, -0.1) is 10.2 Å². The zero-order valence-corrected chi connectivity index (χ0v) is 16.6. The van der Waals surface area contributed by atoms with Gasteiger partial charge in [-0.1, -0.05) is 52.3 Å². The van der Waals surface area contributed by atoms with Gasteiger partial charge in [-0.05, 0) is 30.3 Å². The van der Waals surface area contributed by atoms with E-state index in [0.29, 0.717) is 5.69 Å². The van der Waals surface area contributed by atoms with Crippen molar-refractivity contribution in [1.82, 2.24) is 9.55 Å². The summed E-state index contributed by atoms with van der Waals surface area (Å²) in [5, 5.41) is 22.3. The Morgan fingerprint density at radius 2 is 1.43 bits per heavy atom. The monoisotopic (exact) mass is 430 g/mol. The molecule has 5 rings (SSSR count). The highest BCUT2D eigenvalue weighted by atomic mass is 79.9. The van der Waals surface area contributed by atoms with Gasteiger partial charge >= 0.3 is 0 Å². The predicted octanol–water partition coefficient (Wildman–Crippen LogP) is 6.76. The number of aromatic hydroxyl groups is 1. The SMILES string of the molecule is Cn1c(O)c(N=Nc2c3ccccc3nc3ccccc23)c2cc(Br)ccc21. The van der Waals surface area contributed by atoms with Crippen LogP contribution in [0.15, 0.2) is 81.4 Å². The zero-order chi connectivity index (χ0) is 19.3. The average molecular weight is 431 g/mol. The van der Waals surface area contributed by atoms with Crippen LogP contribution >= 0.6 is 15.9 Å². The second kappa shape index (κ2) is 6.42. The zero-order valence-electron chi connectivity index (χ0n) is 15.0. The summed E-state index contributed by atoms with van der Waals surface area (Å²) in [6.45, 7) is 0. The number of hydrogen-bond donors (Lipinski definition) is 1. The number of pyridine rings is 1. The fourth-order valence-electron chi connectivity index (χ4n) is 3.51. The third-order valence-corrected chi connectivity index (χ3v) is 5.41. The number of aromatic nitrogens is 2. The van der Waals surface area contributed by atoms with Crippen molar-refractivity contribution in [3.05, 3.63) is 71.2 Å². The van der Waals surface area contributed by atoms with Gasteiger partial charge in [-0.2, -0.15) is 0 Å². The van der Waals surface area contributed by atoms with Crippen molar-refractivity contribution >= 4 is 60.0 Å². The fourth-order valence-corrected chi connectivity index (χ4v) is 3.87. The maximum Gasteiger partial charge on any atom is 0.220 e. The quantitative estimate of drug-likeness (QED) is 0.248. The molecule has 0 spiro atoms. The second-order valence-electron chi connectivity index (χ2n) is 6.59. The molecular weight excluding hydrogens is 416 g/mol. The molecule has 136 valence electrons. The summed E-state index contributed by atoms with van der Waals surface area (Å²) in [5.41, 5.74) is 3.80. The van der Waals surface area contributed by atoms with Crippen LogP contribution in [0.3, 0.4) is 0 Å². The lowest BCUT2D eigenvalue weighted by Gasteiger charge is -2.05. The maximum absolute atomic E-state index is 10.6. The summed E-state index contributed by atoms with van der Waals surface area (Å²) < 4.78 is 2.63. The first-order valence-electron chi connectivity index (χ1n) is 8.79. The highest BCUT2D eigenvalue weighted by Crippen LogP contribution is 2.41. The van der Waals surface area contributed by atoms with E-state index in [9.17, 15) is 5.11 Å². The number of halogens is 1. The Bertz CT molecular complexity index is 1350. The molecule has 1 N–H and O–H groups in total. The number of azo groups is 1. The van der Waals surface area contributed by atoms with Crippen LogP contribution in [0.4, 0.5) is 11.4 Å². The highest BCUT2D eigenvalue weighted by molar-refractivity contribution is 9.10. The molecule has 2 heterocycles. The lowest BCUT2D eigenvalue weighted by molar-refractivity contribution is 0.436. The normalized spacial score (nSPS) is 11.9. The first-order valence-corrected chi connectivity index (χ1v) is 9.59. The Morgan fingerprint density at radius 3 is 2.11 bits per heavy atom. The number of para-hydroxylation sites is 2. The smallest absolute Gasteiger partial charge is 0.220 e. The molecule has 0 aliphatic carbocycles. The lowest BCUT2D eigenvalue weighted by Crippen LogP contribution is -1.84. The highest BCUT2D eigenvalue weighted by Gasteiger charge is 2.15. The molecule has 0 aliphatic rings. The Hall–Kier alpha value is -3.25. The van der Waals surface area contributed by atoms with Crippen LogP contribution in [0, 0.1) is 0 Å². The molecule has 0 bridgehead atoms. The van der Waals surface area contributed by atoms with Crippen molar-refractivity contribution in [2.24, 2.45) is 17.3 Å². The number of nitrogens with zero attached hydrogens (tertiary/aromatic N) is 4. The van der Waals surface area contributed by atoms with Crippen LogP contribution in [0.2, 0.25) is 0 Å². The minimum absolute atomic E-state index is 0.0829.